The highest BCUT2D eigenvalue weighted by atomic mass is 32.2. The lowest BCUT2D eigenvalue weighted by atomic mass is 10.0. The van der Waals surface area contributed by atoms with Gasteiger partial charge in [-0.05, 0) is 42.2 Å². The van der Waals surface area contributed by atoms with Gasteiger partial charge >= 0.3 is 0 Å². The van der Waals surface area contributed by atoms with Crippen LogP contribution in [-0.2, 0) is 23.0 Å². The molecule has 174 valence electrons. The van der Waals surface area contributed by atoms with E-state index in [-0.39, 0.29) is 11.4 Å². The van der Waals surface area contributed by atoms with E-state index in [0.29, 0.717) is 24.2 Å². The molecule has 0 amide bonds. The van der Waals surface area contributed by atoms with Crippen LogP contribution in [0.1, 0.15) is 29.4 Å². The first-order valence-corrected chi connectivity index (χ1v) is 12.9. The number of sulfonamides is 1. The van der Waals surface area contributed by atoms with Gasteiger partial charge in [-0.2, -0.15) is 4.31 Å². The molecule has 0 saturated carbocycles. The third kappa shape index (κ3) is 3.80. The van der Waals surface area contributed by atoms with Gasteiger partial charge in [-0.25, -0.2) is 8.42 Å². The van der Waals surface area contributed by atoms with Crippen LogP contribution in [0.3, 0.4) is 0 Å². The first-order valence-electron chi connectivity index (χ1n) is 11.5. The Morgan fingerprint density at radius 1 is 0.886 bits per heavy atom. The molecule has 0 radical (unpaired) electrons. The fraction of sp³-hybridized carbons (Fsp3) is 0.148. The average Bonchev–Trinajstić information content (AvgIpc) is 3.33. The van der Waals surface area contributed by atoms with E-state index in [1.165, 1.54) is 0 Å². The Morgan fingerprint density at radius 3 is 2.57 bits per heavy atom. The van der Waals surface area contributed by atoms with E-state index in [9.17, 15) is 8.42 Å². The van der Waals surface area contributed by atoms with Crippen molar-refractivity contribution in [3.8, 4) is 5.69 Å². The molecule has 3 aromatic carbocycles. The van der Waals surface area contributed by atoms with Crippen LogP contribution in [0.5, 0.6) is 0 Å². The SMILES string of the molecule is O=S(=O)(c1cccc2cccnc12)N1Cc2ccccc2-n2cnnc2C1CCc1ccccc1. The Morgan fingerprint density at radius 2 is 1.69 bits per heavy atom. The average molecular weight is 482 g/mol. The number of nitrogens with zero attached hydrogens (tertiary/aromatic N) is 5. The first-order chi connectivity index (χ1) is 17.1. The number of fused-ring (bicyclic) bond motifs is 4. The maximum Gasteiger partial charge on any atom is 0.246 e. The molecule has 1 unspecified atom stereocenters. The van der Waals surface area contributed by atoms with Crippen molar-refractivity contribution in [1.29, 1.82) is 0 Å². The predicted octanol–water partition coefficient (Wildman–Crippen LogP) is 4.69. The number of pyridine rings is 1. The zero-order valence-corrected chi connectivity index (χ0v) is 19.7. The zero-order valence-electron chi connectivity index (χ0n) is 18.9. The fourth-order valence-corrected chi connectivity index (χ4v) is 6.59. The van der Waals surface area contributed by atoms with E-state index in [2.05, 4.69) is 27.3 Å². The molecular formula is C27H23N5O2S. The quantitative estimate of drug-likeness (QED) is 0.364. The third-order valence-electron chi connectivity index (χ3n) is 6.53. The summed E-state index contributed by atoms with van der Waals surface area (Å²) in [6.45, 7) is 0.227. The van der Waals surface area contributed by atoms with Gasteiger partial charge in [0.1, 0.15) is 11.2 Å². The first kappa shape index (κ1) is 21.6. The standard InChI is InChI=1S/C27H23N5O2S/c33-35(34,25-14-6-11-21-12-7-17-28-26(21)25)32-18-22-10-4-5-13-23(22)31-19-29-30-27(31)24(32)16-15-20-8-2-1-3-9-20/h1-14,17,19,24H,15-16,18H2. The van der Waals surface area contributed by atoms with E-state index in [0.717, 1.165) is 22.2 Å². The number of hydrogen-bond acceptors (Lipinski definition) is 5. The van der Waals surface area contributed by atoms with Crippen molar-refractivity contribution in [3.63, 3.8) is 0 Å². The van der Waals surface area contributed by atoms with Crippen molar-refractivity contribution in [2.24, 2.45) is 0 Å². The highest BCUT2D eigenvalue weighted by Crippen LogP contribution is 2.38. The van der Waals surface area contributed by atoms with Crippen molar-refractivity contribution >= 4 is 20.9 Å². The van der Waals surface area contributed by atoms with E-state index in [1.54, 1.807) is 29.0 Å². The van der Waals surface area contributed by atoms with Gasteiger partial charge < -0.3 is 0 Å². The Bertz CT molecular complexity index is 1610. The summed E-state index contributed by atoms with van der Waals surface area (Å²) < 4.78 is 32.2. The van der Waals surface area contributed by atoms with E-state index >= 15 is 0 Å². The summed E-state index contributed by atoms with van der Waals surface area (Å²) in [6, 6.07) is 26.4. The van der Waals surface area contributed by atoms with Gasteiger partial charge in [-0.1, -0.05) is 66.7 Å². The highest BCUT2D eigenvalue weighted by Gasteiger charge is 2.39. The molecule has 6 rings (SSSR count). The monoisotopic (exact) mass is 481 g/mol. The van der Waals surface area contributed by atoms with Crippen molar-refractivity contribution in [3.05, 3.63) is 114 Å². The largest absolute Gasteiger partial charge is 0.284 e. The smallest absolute Gasteiger partial charge is 0.246 e. The number of aryl methyl sites for hydroxylation is 1. The van der Waals surface area contributed by atoms with Crippen LogP contribution < -0.4 is 0 Å². The molecular weight excluding hydrogens is 458 g/mol. The highest BCUT2D eigenvalue weighted by molar-refractivity contribution is 7.89. The van der Waals surface area contributed by atoms with Crippen molar-refractivity contribution in [1.82, 2.24) is 24.1 Å². The molecule has 0 bridgehead atoms. The molecule has 35 heavy (non-hydrogen) atoms. The second-order valence-corrected chi connectivity index (χ2v) is 10.5. The van der Waals surface area contributed by atoms with Gasteiger partial charge in [0.05, 0.1) is 17.2 Å². The summed E-state index contributed by atoms with van der Waals surface area (Å²) in [7, 11) is -3.94. The fourth-order valence-electron chi connectivity index (χ4n) is 4.83. The van der Waals surface area contributed by atoms with Crippen LogP contribution in [0.2, 0.25) is 0 Å². The Balaban J connectivity index is 1.52. The van der Waals surface area contributed by atoms with Crippen molar-refractivity contribution in [2.45, 2.75) is 30.3 Å². The molecule has 8 heteroatoms. The van der Waals surface area contributed by atoms with E-state index in [1.807, 2.05) is 65.2 Å². The normalized spacial score (nSPS) is 15.9. The molecule has 3 heterocycles. The third-order valence-corrected chi connectivity index (χ3v) is 8.42. The Labute approximate surface area is 203 Å². The summed E-state index contributed by atoms with van der Waals surface area (Å²) in [4.78, 5) is 4.62. The number of benzene rings is 3. The summed E-state index contributed by atoms with van der Waals surface area (Å²) in [6.07, 6.45) is 4.56. The van der Waals surface area contributed by atoms with Gasteiger partial charge in [-0.3, -0.25) is 9.55 Å². The minimum atomic E-state index is -3.94. The second kappa shape index (κ2) is 8.72. The van der Waals surface area contributed by atoms with Crippen LogP contribution in [0.25, 0.3) is 16.6 Å². The summed E-state index contributed by atoms with van der Waals surface area (Å²) in [5, 5.41) is 9.37. The second-order valence-electron chi connectivity index (χ2n) is 8.61. The van der Waals surface area contributed by atoms with Gasteiger partial charge in [0.2, 0.25) is 10.0 Å². The molecule has 5 aromatic rings. The topological polar surface area (TPSA) is 81.0 Å². The number of para-hydroxylation sites is 2. The lowest BCUT2D eigenvalue weighted by molar-refractivity contribution is 0.295. The summed E-state index contributed by atoms with van der Waals surface area (Å²) >= 11 is 0. The summed E-state index contributed by atoms with van der Waals surface area (Å²) in [5.74, 6) is 0.614. The van der Waals surface area contributed by atoms with Crippen molar-refractivity contribution < 1.29 is 8.42 Å². The molecule has 1 aliphatic heterocycles. The molecule has 0 saturated heterocycles. The minimum Gasteiger partial charge on any atom is -0.284 e. The maximum atomic E-state index is 14.3. The Hall–Kier alpha value is -3.88. The van der Waals surface area contributed by atoms with Crippen LogP contribution in [-0.4, -0.2) is 32.5 Å². The van der Waals surface area contributed by atoms with E-state index < -0.39 is 16.1 Å². The number of hydrogen-bond donors (Lipinski definition) is 0. The Kier molecular flexibility index (Phi) is 5.39. The molecule has 0 fully saturated rings. The molecule has 0 spiro atoms. The lowest BCUT2D eigenvalue weighted by Gasteiger charge is -2.29. The molecule has 0 aliphatic carbocycles. The van der Waals surface area contributed by atoms with Gasteiger partial charge in [0, 0.05) is 18.1 Å². The van der Waals surface area contributed by atoms with Crippen LogP contribution in [0, 0.1) is 0 Å². The molecule has 1 atom stereocenters. The molecule has 1 aliphatic rings. The maximum absolute atomic E-state index is 14.3. The van der Waals surface area contributed by atoms with Crippen LogP contribution in [0.4, 0.5) is 0 Å². The molecule has 7 nitrogen and oxygen atoms in total. The zero-order chi connectivity index (χ0) is 23.8. The van der Waals surface area contributed by atoms with Gasteiger partial charge in [0.25, 0.3) is 0 Å². The molecule has 2 aromatic heterocycles. The number of aromatic nitrogens is 4. The minimum absolute atomic E-state index is 0.200. The van der Waals surface area contributed by atoms with Gasteiger partial charge in [0.15, 0.2) is 5.82 Å². The van der Waals surface area contributed by atoms with E-state index in [4.69, 9.17) is 0 Å². The lowest BCUT2D eigenvalue weighted by Crippen LogP contribution is -2.35. The molecule has 0 N–H and O–H groups in total. The summed E-state index contributed by atoms with van der Waals surface area (Å²) in [5.41, 5.74) is 3.40. The van der Waals surface area contributed by atoms with Crippen LogP contribution >= 0.6 is 0 Å². The van der Waals surface area contributed by atoms with Gasteiger partial charge in [-0.15, -0.1) is 10.2 Å². The number of rotatable bonds is 5. The van der Waals surface area contributed by atoms with Crippen LogP contribution in [0.15, 0.2) is 102 Å². The predicted molar refractivity (Wildman–Crippen MR) is 133 cm³/mol. The van der Waals surface area contributed by atoms with Crippen molar-refractivity contribution in [2.75, 3.05) is 0 Å².